The number of carbonyl (C=O) groups excluding carboxylic acids is 2. The Hall–Kier alpha value is -1.58. The molecule has 1 aliphatic carbocycles. The van der Waals surface area contributed by atoms with Crippen molar-refractivity contribution >= 4 is 11.6 Å². The minimum absolute atomic E-state index is 0.0693. The molecule has 0 aliphatic heterocycles. The minimum Gasteiger partial charge on any atom is -0.369 e. The number of hydrogen-bond acceptors (Lipinski definition) is 4. The van der Waals surface area contributed by atoms with Gasteiger partial charge in [0.2, 0.25) is 11.6 Å². The van der Waals surface area contributed by atoms with Crippen LogP contribution in [-0.2, 0) is 9.59 Å². The molecule has 4 nitrogen and oxygen atoms in total. The van der Waals surface area contributed by atoms with Crippen LogP contribution in [0.5, 0.6) is 0 Å². The molecule has 18 heavy (non-hydrogen) atoms. The first-order valence-electron chi connectivity index (χ1n) is 6.60. The van der Waals surface area contributed by atoms with Gasteiger partial charge in [0.05, 0.1) is 11.4 Å². The van der Waals surface area contributed by atoms with E-state index in [4.69, 9.17) is 0 Å². The maximum atomic E-state index is 12.1. The van der Waals surface area contributed by atoms with Crippen LogP contribution in [0, 0.1) is 0 Å². The average Bonchev–Trinajstić information content (AvgIpc) is 2.37. The van der Waals surface area contributed by atoms with Crippen LogP contribution in [0.15, 0.2) is 23.5 Å². The van der Waals surface area contributed by atoms with E-state index in [9.17, 15) is 9.59 Å². The number of carbonyl (C=O) groups is 2. The standard InChI is InChI=1S/C14H22N2O2/c1-5-15(6-2)11-9-14(18)12(10-13(11)17)16(7-3)8-4/h9-10H,5-8H2,1-4H3. The molecule has 0 saturated carbocycles. The average molecular weight is 250 g/mol. The molecule has 0 saturated heterocycles. The van der Waals surface area contributed by atoms with Gasteiger partial charge >= 0.3 is 0 Å². The number of allylic oxidation sites excluding steroid dienone is 2. The number of rotatable bonds is 6. The molecule has 100 valence electrons. The zero-order valence-corrected chi connectivity index (χ0v) is 11.7. The first-order valence-corrected chi connectivity index (χ1v) is 6.60. The van der Waals surface area contributed by atoms with Crippen molar-refractivity contribution in [2.24, 2.45) is 0 Å². The second kappa shape index (κ2) is 6.38. The molecule has 0 aromatic carbocycles. The van der Waals surface area contributed by atoms with Crippen LogP contribution in [0.2, 0.25) is 0 Å². The van der Waals surface area contributed by atoms with E-state index in [0.717, 1.165) is 26.2 Å². The molecule has 0 amide bonds. The summed E-state index contributed by atoms with van der Waals surface area (Å²) in [5.41, 5.74) is 1.03. The molecule has 0 atom stereocenters. The molecular weight excluding hydrogens is 228 g/mol. The first-order chi connectivity index (χ1) is 8.58. The van der Waals surface area contributed by atoms with Gasteiger partial charge in [-0.15, -0.1) is 0 Å². The fourth-order valence-corrected chi connectivity index (χ4v) is 2.16. The van der Waals surface area contributed by atoms with E-state index in [1.54, 1.807) is 0 Å². The molecule has 4 heteroatoms. The summed E-state index contributed by atoms with van der Waals surface area (Å²) in [7, 11) is 0. The molecule has 0 N–H and O–H groups in total. The van der Waals surface area contributed by atoms with Crippen LogP contribution < -0.4 is 0 Å². The summed E-state index contributed by atoms with van der Waals surface area (Å²) in [4.78, 5) is 28.0. The molecular formula is C14H22N2O2. The van der Waals surface area contributed by atoms with Gasteiger partial charge in [0.1, 0.15) is 0 Å². The number of likely N-dealkylation sites (N-methyl/N-ethyl adjacent to an activating group) is 2. The van der Waals surface area contributed by atoms with Gasteiger partial charge in [0, 0.05) is 38.3 Å². The maximum absolute atomic E-state index is 12.1. The zero-order chi connectivity index (χ0) is 13.7. The van der Waals surface area contributed by atoms with E-state index in [1.165, 1.54) is 12.2 Å². The Morgan fingerprint density at radius 2 is 1.00 bits per heavy atom. The predicted octanol–water partition coefficient (Wildman–Crippen LogP) is 1.59. The highest BCUT2D eigenvalue weighted by Crippen LogP contribution is 2.18. The van der Waals surface area contributed by atoms with E-state index >= 15 is 0 Å². The topological polar surface area (TPSA) is 40.6 Å². The van der Waals surface area contributed by atoms with Gasteiger partial charge in [-0.3, -0.25) is 9.59 Å². The Kier molecular flexibility index (Phi) is 5.13. The summed E-state index contributed by atoms with van der Waals surface area (Å²) in [6, 6.07) is 0. The van der Waals surface area contributed by atoms with Gasteiger partial charge in [0.25, 0.3) is 0 Å². The Bertz CT molecular complexity index is 351. The fraction of sp³-hybridized carbons (Fsp3) is 0.571. The van der Waals surface area contributed by atoms with E-state index in [0.29, 0.717) is 11.4 Å². The zero-order valence-electron chi connectivity index (χ0n) is 11.7. The van der Waals surface area contributed by atoms with Crippen molar-refractivity contribution in [3.05, 3.63) is 23.5 Å². The van der Waals surface area contributed by atoms with Gasteiger partial charge in [-0.25, -0.2) is 0 Å². The van der Waals surface area contributed by atoms with E-state index in [1.807, 2.05) is 37.5 Å². The highest BCUT2D eigenvalue weighted by Gasteiger charge is 2.25. The maximum Gasteiger partial charge on any atom is 0.204 e. The molecule has 0 radical (unpaired) electrons. The van der Waals surface area contributed by atoms with Crippen LogP contribution in [0.25, 0.3) is 0 Å². The summed E-state index contributed by atoms with van der Waals surface area (Å²) < 4.78 is 0. The van der Waals surface area contributed by atoms with Gasteiger partial charge < -0.3 is 9.80 Å². The summed E-state index contributed by atoms with van der Waals surface area (Å²) >= 11 is 0. The Morgan fingerprint density at radius 1 is 0.722 bits per heavy atom. The lowest BCUT2D eigenvalue weighted by molar-refractivity contribution is -0.117. The van der Waals surface area contributed by atoms with Crippen molar-refractivity contribution < 1.29 is 9.59 Å². The molecule has 0 aromatic rings. The third-order valence-corrected chi connectivity index (χ3v) is 3.25. The molecule has 1 rings (SSSR count). The third-order valence-electron chi connectivity index (χ3n) is 3.25. The molecule has 0 spiro atoms. The van der Waals surface area contributed by atoms with E-state index < -0.39 is 0 Å². The van der Waals surface area contributed by atoms with Gasteiger partial charge in [-0.05, 0) is 27.7 Å². The highest BCUT2D eigenvalue weighted by molar-refractivity contribution is 6.19. The van der Waals surface area contributed by atoms with Crippen molar-refractivity contribution in [3.63, 3.8) is 0 Å². The monoisotopic (exact) mass is 250 g/mol. The van der Waals surface area contributed by atoms with Gasteiger partial charge in [-0.1, -0.05) is 0 Å². The molecule has 0 fully saturated rings. The van der Waals surface area contributed by atoms with E-state index in [2.05, 4.69) is 0 Å². The second-order valence-electron chi connectivity index (χ2n) is 4.13. The van der Waals surface area contributed by atoms with Gasteiger partial charge in [0.15, 0.2) is 0 Å². The van der Waals surface area contributed by atoms with Crippen LogP contribution in [0.1, 0.15) is 27.7 Å². The van der Waals surface area contributed by atoms with Crippen LogP contribution in [0.3, 0.4) is 0 Å². The predicted molar refractivity (Wildman–Crippen MR) is 72.0 cm³/mol. The molecule has 0 aromatic heterocycles. The summed E-state index contributed by atoms with van der Waals surface area (Å²) in [6.07, 6.45) is 2.95. The lowest BCUT2D eigenvalue weighted by Gasteiger charge is -2.28. The van der Waals surface area contributed by atoms with Crippen molar-refractivity contribution in [3.8, 4) is 0 Å². The number of hydrogen-bond donors (Lipinski definition) is 0. The minimum atomic E-state index is -0.0693. The quantitative estimate of drug-likeness (QED) is 0.671. The smallest absolute Gasteiger partial charge is 0.204 e. The lowest BCUT2D eigenvalue weighted by Crippen LogP contribution is -2.34. The van der Waals surface area contributed by atoms with Crippen molar-refractivity contribution in [1.29, 1.82) is 0 Å². The van der Waals surface area contributed by atoms with Crippen LogP contribution >= 0.6 is 0 Å². The largest absolute Gasteiger partial charge is 0.369 e. The Labute approximate surface area is 109 Å². The summed E-state index contributed by atoms with van der Waals surface area (Å²) in [5.74, 6) is -0.139. The van der Waals surface area contributed by atoms with Gasteiger partial charge in [-0.2, -0.15) is 0 Å². The van der Waals surface area contributed by atoms with Crippen molar-refractivity contribution in [2.75, 3.05) is 26.2 Å². The Balaban J connectivity index is 3.00. The number of ketones is 2. The molecule has 0 unspecified atom stereocenters. The summed E-state index contributed by atoms with van der Waals surface area (Å²) in [5, 5.41) is 0. The summed E-state index contributed by atoms with van der Waals surface area (Å²) in [6.45, 7) is 10.8. The molecule has 0 bridgehead atoms. The number of nitrogens with zero attached hydrogens (tertiary/aromatic N) is 2. The van der Waals surface area contributed by atoms with E-state index in [-0.39, 0.29) is 11.6 Å². The Morgan fingerprint density at radius 3 is 1.22 bits per heavy atom. The highest BCUT2D eigenvalue weighted by atomic mass is 16.1. The van der Waals surface area contributed by atoms with Crippen molar-refractivity contribution in [1.82, 2.24) is 9.80 Å². The molecule has 0 heterocycles. The van der Waals surface area contributed by atoms with Crippen LogP contribution in [-0.4, -0.2) is 47.5 Å². The first kappa shape index (κ1) is 14.5. The molecule has 1 aliphatic rings. The lowest BCUT2D eigenvalue weighted by atomic mass is 10.0. The second-order valence-corrected chi connectivity index (χ2v) is 4.13. The third kappa shape index (κ3) is 2.81. The normalized spacial score (nSPS) is 15.3. The van der Waals surface area contributed by atoms with Crippen LogP contribution in [0.4, 0.5) is 0 Å². The van der Waals surface area contributed by atoms with Crippen molar-refractivity contribution in [2.45, 2.75) is 27.7 Å². The SMILES string of the molecule is CCN(CC)C1=CC(=O)C(N(CC)CC)=CC1=O. The fourth-order valence-electron chi connectivity index (χ4n) is 2.16.